The van der Waals surface area contributed by atoms with Gasteiger partial charge in [0.15, 0.2) is 16.3 Å². The highest BCUT2D eigenvalue weighted by atomic mass is 32.3. The zero-order valence-electron chi connectivity index (χ0n) is 26.0. The van der Waals surface area contributed by atoms with E-state index in [-0.39, 0.29) is 17.3 Å². The van der Waals surface area contributed by atoms with Crippen molar-refractivity contribution in [2.75, 3.05) is 6.26 Å². The first-order chi connectivity index (χ1) is 21.0. The van der Waals surface area contributed by atoms with Gasteiger partial charge in [-0.1, -0.05) is 45.7 Å². The van der Waals surface area contributed by atoms with E-state index in [0.29, 0.717) is 41.5 Å². The molecule has 50 heavy (non-hydrogen) atoms. The van der Waals surface area contributed by atoms with Crippen LogP contribution in [-0.2, 0) is 59.5 Å². The van der Waals surface area contributed by atoms with E-state index in [4.69, 9.17) is 0 Å². The number of hydrogen-bond acceptors (Lipinski definition) is 12. The topological polar surface area (TPSA) is 229 Å². The average Bonchev–Trinajstić information content (AvgIpc) is 2.82. The molecule has 0 aromatic heterocycles. The third-order valence-electron chi connectivity index (χ3n) is 6.06. The molecular formula is C19H26F12N2O12S5. The lowest BCUT2D eigenvalue weighted by Crippen LogP contribution is -2.70. The summed E-state index contributed by atoms with van der Waals surface area (Å²) in [6.45, 7) is 3.92. The number of halogens is 12. The molecule has 298 valence electrons. The maximum absolute atomic E-state index is 15.2. The van der Waals surface area contributed by atoms with Gasteiger partial charge in [-0.25, -0.2) is 42.1 Å². The second-order valence-corrected chi connectivity index (χ2v) is 22.1. The van der Waals surface area contributed by atoms with E-state index in [1.54, 1.807) is 0 Å². The molecule has 0 saturated carbocycles. The van der Waals surface area contributed by atoms with Crippen LogP contribution in [0.5, 0.6) is 0 Å². The van der Waals surface area contributed by atoms with Crippen molar-refractivity contribution >= 4 is 61.5 Å². The number of carbonyl (C=O) groups is 2. The van der Waals surface area contributed by atoms with E-state index in [1.165, 1.54) is 0 Å². The van der Waals surface area contributed by atoms with Gasteiger partial charge in [0.25, 0.3) is 30.1 Å². The number of sulfonamides is 4. The molecule has 0 atom stereocenters. The predicted octanol–water partition coefficient (Wildman–Crippen LogP) is 2.16. The maximum atomic E-state index is 15.2. The van der Waals surface area contributed by atoms with Gasteiger partial charge in [0.2, 0.25) is 19.9 Å². The molecule has 0 aromatic carbocycles. The lowest BCUT2D eigenvalue weighted by molar-refractivity contribution is -0.245. The molecule has 0 bridgehead atoms. The van der Waals surface area contributed by atoms with Gasteiger partial charge in [-0.2, -0.15) is 52.7 Å². The van der Waals surface area contributed by atoms with Crippen molar-refractivity contribution in [2.24, 2.45) is 10.8 Å². The number of alkyl halides is 12. The van der Waals surface area contributed by atoms with Crippen LogP contribution in [0.15, 0.2) is 0 Å². The van der Waals surface area contributed by atoms with E-state index in [0.717, 1.165) is 0 Å². The quantitative estimate of drug-likeness (QED) is 0.178. The highest BCUT2D eigenvalue weighted by Crippen LogP contribution is 2.55. The fourth-order valence-electron chi connectivity index (χ4n) is 3.55. The van der Waals surface area contributed by atoms with Crippen molar-refractivity contribution in [1.82, 2.24) is 8.25 Å². The third-order valence-corrected chi connectivity index (χ3v) is 15.1. The Morgan fingerprint density at radius 2 is 0.640 bits per heavy atom. The predicted molar refractivity (Wildman–Crippen MR) is 144 cm³/mol. The first-order valence-electron chi connectivity index (χ1n) is 12.1. The number of carbonyl (C=O) groups excluding carboxylic acids is 2. The summed E-state index contributed by atoms with van der Waals surface area (Å²) in [5, 5.41) is -31.7. The summed E-state index contributed by atoms with van der Waals surface area (Å²) in [6.07, 6.45) is -0.374. The molecule has 0 spiro atoms. The minimum Gasteiger partial charge on any atom is -0.297 e. The minimum atomic E-state index is -8.77. The Hall–Kier alpha value is -1.83. The summed E-state index contributed by atoms with van der Waals surface area (Å²) >= 11 is 0. The Morgan fingerprint density at radius 1 is 0.420 bits per heavy atom. The van der Waals surface area contributed by atoms with E-state index >= 15 is 8.78 Å². The van der Waals surface area contributed by atoms with Crippen LogP contribution in [-0.4, -0.2) is 97.5 Å². The largest absolute Gasteiger partial charge is 0.429 e. The van der Waals surface area contributed by atoms with Crippen LogP contribution in [0.25, 0.3) is 0 Å². The van der Waals surface area contributed by atoms with Crippen LogP contribution < -0.4 is 8.25 Å². The van der Waals surface area contributed by atoms with Crippen molar-refractivity contribution in [2.45, 2.75) is 86.1 Å². The van der Waals surface area contributed by atoms with Crippen molar-refractivity contribution in [3.8, 4) is 0 Å². The van der Waals surface area contributed by atoms with Gasteiger partial charge in [-0.05, 0) is 6.92 Å². The third kappa shape index (κ3) is 7.10. The highest BCUT2D eigenvalue weighted by Gasteiger charge is 2.87. The second kappa shape index (κ2) is 12.4. The fraction of sp³-hybridized carbons (Fsp3) is 0.895. The molecule has 0 unspecified atom stereocenters. The first-order valence-corrected chi connectivity index (χ1v) is 19.9. The van der Waals surface area contributed by atoms with E-state index in [9.17, 15) is 95.6 Å². The standard InChI is InChI=1S/C19H26F12N2O12S5/c1-11(2,3)9(34)13(7,10(35)12(4,5)6)47(38,39)16(24,25)14(20,21)17(26,27)49(42,43)33-50(44,45)19(30,31)15(22,23)18(28,29)48(40,41)32-46(8,36)37/h32-33H,1-8H3. The van der Waals surface area contributed by atoms with Crippen LogP contribution >= 0.6 is 0 Å². The van der Waals surface area contributed by atoms with Crippen LogP contribution in [0.4, 0.5) is 52.7 Å². The zero-order valence-corrected chi connectivity index (χ0v) is 30.1. The van der Waals surface area contributed by atoms with Crippen LogP contribution in [0.2, 0.25) is 0 Å². The Kier molecular flexibility index (Phi) is 11.9. The van der Waals surface area contributed by atoms with Crippen molar-refractivity contribution in [1.29, 1.82) is 0 Å². The van der Waals surface area contributed by atoms with E-state index in [2.05, 4.69) is 0 Å². The molecule has 14 nitrogen and oxygen atoms in total. The summed E-state index contributed by atoms with van der Waals surface area (Å²) < 4.78 is 287. The fourth-order valence-corrected chi connectivity index (χ4v) is 11.2. The molecule has 0 saturated heterocycles. The molecule has 0 rings (SSSR count). The summed E-state index contributed by atoms with van der Waals surface area (Å²) in [4.78, 5) is 26.0. The van der Waals surface area contributed by atoms with Crippen molar-refractivity contribution in [3.05, 3.63) is 0 Å². The molecule has 0 aliphatic heterocycles. The van der Waals surface area contributed by atoms with Crippen molar-refractivity contribution < 1.29 is 104 Å². The van der Waals surface area contributed by atoms with Crippen LogP contribution in [0.3, 0.4) is 0 Å². The lowest BCUT2D eigenvalue weighted by Gasteiger charge is -2.40. The van der Waals surface area contributed by atoms with Gasteiger partial charge in [-0.15, -0.1) is 4.13 Å². The number of rotatable bonds is 15. The summed E-state index contributed by atoms with van der Waals surface area (Å²) in [5.41, 5.74) is -4.61. The molecule has 0 aliphatic carbocycles. The van der Waals surface area contributed by atoms with Gasteiger partial charge in [0.05, 0.1) is 6.26 Å². The van der Waals surface area contributed by atoms with E-state index in [1.807, 2.05) is 0 Å². The van der Waals surface area contributed by atoms with Gasteiger partial charge in [-0.3, -0.25) is 9.59 Å². The Bertz CT molecular complexity index is 1940. The molecule has 0 heterocycles. The number of ketones is 2. The van der Waals surface area contributed by atoms with E-state index < -0.39 is 114 Å². The minimum absolute atomic E-state index is 0.279. The summed E-state index contributed by atoms with van der Waals surface area (Å²) in [7, 11) is -38.8. The molecule has 0 aromatic rings. The lowest BCUT2D eigenvalue weighted by atomic mass is 9.75. The smallest absolute Gasteiger partial charge is 0.297 e. The van der Waals surface area contributed by atoms with Gasteiger partial charge in [0.1, 0.15) is 0 Å². The highest BCUT2D eigenvalue weighted by molar-refractivity contribution is 8.06. The maximum Gasteiger partial charge on any atom is 0.429 e. The Labute approximate surface area is 276 Å². The number of hydrogen-bond donors (Lipinski definition) is 2. The summed E-state index contributed by atoms with van der Waals surface area (Å²) in [6, 6.07) is 0. The normalized spacial score (nSPS) is 16.3. The molecule has 0 fully saturated rings. The Morgan fingerprint density at radius 3 is 0.860 bits per heavy atom. The molecule has 2 N–H and O–H groups in total. The second-order valence-electron chi connectivity index (χ2n) is 12.4. The Balaban J connectivity index is 7.62. The molecule has 0 aliphatic rings. The molecule has 0 amide bonds. The average molecular weight is 863 g/mol. The molecule has 0 radical (unpaired) electrons. The van der Waals surface area contributed by atoms with Crippen molar-refractivity contribution in [3.63, 3.8) is 0 Å². The van der Waals surface area contributed by atoms with Crippen LogP contribution in [0.1, 0.15) is 48.5 Å². The number of Topliss-reactive ketones (excluding diaryl/α,β-unsaturated/α-hetero) is 2. The monoisotopic (exact) mass is 862 g/mol. The van der Waals surface area contributed by atoms with Gasteiger partial charge >= 0.3 is 32.9 Å². The summed E-state index contributed by atoms with van der Waals surface area (Å²) in [5.74, 6) is -20.8. The molecular weight excluding hydrogens is 837 g/mol. The van der Waals surface area contributed by atoms with Gasteiger partial charge in [0, 0.05) is 10.8 Å². The van der Waals surface area contributed by atoms with Gasteiger partial charge < -0.3 is 0 Å². The molecule has 31 heteroatoms. The van der Waals surface area contributed by atoms with Crippen LogP contribution in [0, 0.1) is 10.8 Å². The number of nitrogens with one attached hydrogen (secondary N) is 2. The first kappa shape index (κ1) is 48.2. The SMILES string of the molecule is CC(C)(C)C(=O)C(C)(C(=O)C(C)(C)C)S(=O)(=O)C(F)(F)C(F)(F)C(F)(F)S(=O)(=O)NS(=O)(=O)C(F)(F)C(F)(F)C(F)(F)S(=O)(=O)NS(C)(=O)=O. The number of sulfone groups is 1. The zero-order chi connectivity index (χ0) is 41.6.